The Balaban J connectivity index is 0.00000261. The van der Waals surface area contributed by atoms with E-state index in [0.717, 1.165) is 36.5 Å². The molecular formula is C20H20ClF4NO. The molecule has 1 heterocycles. The number of hydrogen-bond acceptors (Lipinski definition) is 2. The van der Waals surface area contributed by atoms with Crippen molar-refractivity contribution in [1.29, 1.82) is 0 Å². The summed E-state index contributed by atoms with van der Waals surface area (Å²) in [6.45, 7) is 1.98. The molecule has 0 saturated heterocycles. The Morgan fingerprint density at radius 2 is 1.93 bits per heavy atom. The van der Waals surface area contributed by atoms with E-state index in [9.17, 15) is 17.6 Å². The fourth-order valence-electron chi connectivity index (χ4n) is 2.91. The number of rotatable bonds is 5. The van der Waals surface area contributed by atoms with Gasteiger partial charge in [0.25, 0.3) is 0 Å². The molecule has 146 valence electrons. The number of nitrogens with zero attached hydrogens (tertiary/aromatic N) is 1. The molecule has 1 aliphatic heterocycles. The van der Waals surface area contributed by atoms with Crippen LogP contribution in [0.5, 0.6) is 5.75 Å². The van der Waals surface area contributed by atoms with Gasteiger partial charge in [0, 0.05) is 25.1 Å². The van der Waals surface area contributed by atoms with Crippen molar-refractivity contribution < 1.29 is 22.3 Å². The minimum atomic E-state index is -4.54. The highest BCUT2D eigenvalue weighted by Gasteiger charge is 2.30. The second kappa shape index (κ2) is 8.76. The zero-order valence-electron chi connectivity index (χ0n) is 14.7. The molecule has 2 aromatic carbocycles. The molecule has 0 fully saturated rings. The summed E-state index contributed by atoms with van der Waals surface area (Å²) in [5, 5.41) is 0. The summed E-state index contributed by atoms with van der Waals surface area (Å²) in [6, 6.07) is 8.67. The Bertz CT molecular complexity index is 820. The average Bonchev–Trinajstić information content (AvgIpc) is 3.03. The molecule has 0 amide bonds. The molecule has 3 rings (SSSR count). The van der Waals surface area contributed by atoms with Crippen LogP contribution in [-0.2, 0) is 19.1 Å². The van der Waals surface area contributed by atoms with Crippen LogP contribution in [0.4, 0.5) is 17.6 Å². The van der Waals surface area contributed by atoms with Gasteiger partial charge in [-0.3, -0.25) is 4.90 Å². The fraction of sp³-hybridized carbons (Fsp3) is 0.300. The number of hydrogen-bond donors (Lipinski definition) is 0. The van der Waals surface area contributed by atoms with Crippen molar-refractivity contribution >= 4 is 18.5 Å². The summed E-state index contributed by atoms with van der Waals surface area (Å²) < 4.78 is 56.9. The highest BCUT2D eigenvalue weighted by Crippen LogP contribution is 2.30. The first-order valence-electron chi connectivity index (χ1n) is 8.29. The number of benzene rings is 2. The van der Waals surface area contributed by atoms with Crippen molar-refractivity contribution in [2.24, 2.45) is 0 Å². The molecule has 0 radical (unpaired) electrons. The highest BCUT2D eigenvalue weighted by atomic mass is 35.5. The van der Waals surface area contributed by atoms with Gasteiger partial charge >= 0.3 is 6.18 Å². The molecule has 1 aliphatic rings. The van der Waals surface area contributed by atoms with Gasteiger partial charge < -0.3 is 4.74 Å². The molecule has 27 heavy (non-hydrogen) atoms. The molecule has 0 saturated carbocycles. The SMILES string of the molecule is CN(C/C=C/c1ccc(C(F)(F)F)cc1F)Cc1ccc2c(c1)CCO2.Cl. The van der Waals surface area contributed by atoms with E-state index in [4.69, 9.17) is 4.74 Å². The fourth-order valence-corrected chi connectivity index (χ4v) is 2.91. The minimum Gasteiger partial charge on any atom is -0.493 e. The summed E-state index contributed by atoms with van der Waals surface area (Å²) in [6.07, 6.45) is -0.380. The number of ether oxygens (including phenoxy) is 1. The van der Waals surface area contributed by atoms with Gasteiger partial charge in [-0.05, 0) is 36.4 Å². The van der Waals surface area contributed by atoms with E-state index in [0.29, 0.717) is 19.2 Å². The zero-order valence-corrected chi connectivity index (χ0v) is 15.5. The van der Waals surface area contributed by atoms with Crippen LogP contribution in [0.25, 0.3) is 6.08 Å². The van der Waals surface area contributed by atoms with Gasteiger partial charge in [0.2, 0.25) is 0 Å². The molecule has 0 aromatic heterocycles. The molecule has 0 aliphatic carbocycles. The van der Waals surface area contributed by atoms with Crippen LogP contribution in [0.3, 0.4) is 0 Å². The predicted octanol–water partition coefficient (Wildman–Crippen LogP) is 5.35. The predicted molar refractivity (Wildman–Crippen MR) is 99.7 cm³/mol. The zero-order chi connectivity index (χ0) is 18.7. The van der Waals surface area contributed by atoms with Crippen LogP contribution in [0, 0.1) is 5.82 Å². The molecule has 0 unspecified atom stereocenters. The van der Waals surface area contributed by atoms with Gasteiger partial charge in [0.1, 0.15) is 11.6 Å². The molecule has 0 bridgehead atoms. The van der Waals surface area contributed by atoms with Gasteiger partial charge in [0.05, 0.1) is 12.2 Å². The normalized spacial score (nSPS) is 13.6. The number of halogens is 5. The number of likely N-dealkylation sites (N-methyl/N-ethyl adjacent to an activating group) is 1. The smallest absolute Gasteiger partial charge is 0.416 e. The van der Waals surface area contributed by atoms with E-state index in [1.165, 1.54) is 11.6 Å². The molecule has 0 atom stereocenters. The quantitative estimate of drug-likeness (QED) is 0.626. The van der Waals surface area contributed by atoms with Crippen LogP contribution in [0.1, 0.15) is 22.3 Å². The summed E-state index contributed by atoms with van der Waals surface area (Å²) in [4.78, 5) is 2.04. The highest BCUT2D eigenvalue weighted by molar-refractivity contribution is 5.85. The Kier molecular flexibility index (Phi) is 6.89. The lowest BCUT2D eigenvalue weighted by molar-refractivity contribution is -0.137. The maximum absolute atomic E-state index is 13.8. The lowest BCUT2D eigenvalue weighted by atomic mass is 10.1. The summed E-state index contributed by atoms with van der Waals surface area (Å²) >= 11 is 0. The van der Waals surface area contributed by atoms with Crippen molar-refractivity contribution in [3.63, 3.8) is 0 Å². The third-order valence-electron chi connectivity index (χ3n) is 4.25. The largest absolute Gasteiger partial charge is 0.493 e. The number of fused-ring (bicyclic) bond motifs is 1. The van der Waals surface area contributed by atoms with Gasteiger partial charge in [-0.2, -0.15) is 13.2 Å². The topological polar surface area (TPSA) is 12.5 Å². The Labute approximate surface area is 161 Å². The van der Waals surface area contributed by atoms with E-state index in [1.54, 1.807) is 6.08 Å². The molecule has 2 aromatic rings. The first-order valence-corrected chi connectivity index (χ1v) is 8.29. The summed E-state index contributed by atoms with van der Waals surface area (Å²) in [7, 11) is 1.93. The summed E-state index contributed by atoms with van der Waals surface area (Å²) in [5.41, 5.74) is 1.52. The molecule has 7 heteroatoms. The van der Waals surface area contributed by atoms with Crippen LogP contribution in [-0.4, -0.2) is 25.1 Å². The average molecular weight is 402 g/mol. The van der Waals surface area contributed by atoms with E-state index < -0.39 is 17.6 Å². The van der Waals surface area contributed by atoms with Crippen LogP contribution >= 0.6 is 12.4 Å². The van der Waals surface area contributed by atoms with E-state index >= 15 is 0 Å². The van der Waals surface area contributed by atoms with Gasteiger partial charge in [-0.1, -0.05) is 30.4 Å². The lowest BCUT2D eigenvalue weighted by Crippen LogP contribution is -2.17. The van der Waals surface area contributed by atoms with Crippen molar-refractivity contribution in [2.75, 3.05) is 20.2 Å². The second-order valence-electron chi connectivity index (χ2n) is 6.37. The monoisotopic (exact) mass is 401 g/mol. The van der Waals surface area contributed by atoms with Crippen LogP contribution in [0.2, 0.25) is 0 Å². The Hall–Kier alpha value is -2.05. The van der Waals surface area contributed by atoms with E-state index in [1.807, 2.05) is 24.1 Å². The third-order valence-corrected chi connectivity index (χ3v) is 4.25. The Morgan fingerprint density at radius 3 is 2.63 bits per heavy atom. The molecule has 0 spiro atoms. The van der Waals surface area contributed by atoms with Crippen LogP contribution < -0.4 is 4.74 Å². The second-order valence-corrected chi connectivity index (χ2v) is 6.37. The van der Waals surface area contributed by atoms with Gasteiger partial charge in [0.15, 0.2) is 0 Å². The van der Waals surface area contributed by atoms with Gasteiger partial charge in [-0.25, -0.2) is 4.39 Å². The first-order chi connectivity index (χ1) is 12.3. The first kappa shape index (κ1) is 21.3. The van der Waals surface area contributed by atoms with Crippen molar-refractivity contribution in [1.82, 2.24) is 4.90 Å². The number of alkyl halides is 3. The Morgan fingerprint density at radius 1 is 1.15 bits per heavy atom. The van der Waals surface area contributed by atoms with Crippen molar-refractivity contribution in [2.45, 2.75) is 19.1 Å². The summed E-state index contributed by atoms with van der Waals surface area (Å²) in [5.74, 6) is 0.0615. The van der Waals surface area contributed by atoms with Crippen LogP contribution in [0.15, 0.2) is 42.5 Å². The van der Waals surface area contributed by atoms with Gasteiger partial charge in [-0.15, -0.1) is 12.4 Å². The molecule has 2 nitrogen and oxygen atoms in total. The maximum atomic E-state index is 13.8. The minimum absolute atomic E-state index is 0. The third kappa shape index (κ3) is 5.47. The molecular weight excluding hydrogens is 382 g/mol. The van der Waals surface area contributed by atoms with E-state index in [-0.39, 0.29) is 18.0 Å². The van der Waals surface area contributed by atoms with E-state index in [2.05, 4.69) is 6.07 Å². The standard InChI is InChI=1S/C20H19F4NO.ClH/c1-25(13-14-4-7-19-16(11-14)8-10-26-19)9-2-3-15-5-6-17(12-18(15)21)20(22,23)24;/h2-7,11-12H,8-10,13H2,1H3;1H/b3-2+;. The molecule has 0 N–H and O–H groups in total. The van der Waals surface area contributed by atoms with Crippen molar-refractivity contribution in [3.05, 3.63) is 70.5 Å². The maximum Gasteiger partial charge on any atom is 0.416 e. The van der Waals surface area contributed by atoms with Crippen molar-refractivity contribution in [3.8, 4) is 5.75 Å². The lowest BCUT2D eigenvalue weighted by Gasteiger charge is -2.15.